The molecular weight excluding hydrogens is 212 g/mol. The van der Waals surface area contributed by atoms with Crippen molar-refractivity contribution >= 4 is 28.5 Å². The van der Waals surface area contributed by atoms with Crippen molar-refractivity contribution in [1.29, 1.82) is 0 Å². The molecule has 1 aliphatic rings. The Hall–Kier alpha value is -0.480. The summed E-state index contributed by atoms with van der Waals surface area (Å²) >= 11 is 6.60. The van der Waals surface area contributed by atoms with Crippen LogP contribution >= 0.6 is 23.6 Å². The summed E-state index contributed by atoms with van der Waals surface area (Å²) in [5.74, 6) is 0. The van der Waals surface area contributed by atoms with Crippen LogP contribution in [-0.4, -0.2) is 9.97 Å². The van der Waals surface area contributed by atoms with Gasteiger partial charge in [-0.15, -0.1) is 11.3 Å². The zero-order valence-corrected chi connectivity index (χ0v) is 10.1. The smallest absolute Gasteiger partial charge is 0.150 e. The van der Waals surface area contributed by atoms with Crippen molar-refractivity contribution in [2.75, 3.05) is 0 Å². The van der Waals surface area contributed by atoms with E-state index in [-0.39, 0.29) is 0 Å². The van der Waals surface area contributed by atoms with E-state index < -0.39 is 0 Å². The van der Waals surface area contributed by atoms with Gasteiger partial charge in [-0.1, -0.05) is 26.1 Å². The van der Waals surface area contributed by atoms with Crippen LogP contribution < -0.4 is 5.73 Å². The predicted molar refractivity (Wildman–Crippen MR) is 63.8 cm³/mol. The molecule has 0 spiro atoms. The van der Waals surface area contributed by atoms with E-state index in [1.165, 1.54) is 17.0 Å². The summed E-state index contributed by atoms with van der Waals surface area (Å²) in [5, 5.41) is 0.836. The fourth-order valence-electron chi connectivity index (χ4n) is 1.80. The van der Waals surface area contributed by atoms with E-state index in [0.717, 1.165) is 17.8 Å². The minimum absolute atomic E-state index is 0.410. The van der Waals surface area contributed by atoms with Gasteiger partial charge in [0.05, 0.1) is 5.69 Å². The highest BCUT2D eigenvalue weighted by atomic mass is 32.1. The summed E-state index contributed by atoms with van der Waals surface area (Å²) in [6.07, 6.45) is 3.39. The summed E-state index contributed by atoms with van der Waals surface area (Å²) in [4.78, 5) is 6.28. The van der Waals surface area contributed by atoms with Crippen LogP contribution in [0.15, 0.2) is 0 Å². The fourth-order valence-corrected chi connectivity index (χ4v) is 3.19. The standard InChI is InChI=1S/C10H14N2S2/c1-10(2)4-3-6-7(5-10)14-9(12-6)8(11)13/h3-5H2,1-2H3,(H2,11,13). The molecule has 0 unspecified atom stereocenters. The number of aryl methyl sites for hydroxylation is 1. The first-order valence-electron chi connectivity index (χ1n) is 4.76. The minimum atomic E-state index is 0.410. The Morgan fingerprint density at radius 3 is 2.93 bits per heavy atom. The Kier molecular flexibility index (Phi) is 2.35. The van der Waals surface area contributed by atoms with Crippen molar-refractivity contribution in [1.82, 2.24) is 4.98 Å². The third-order valence-corrected chi connectivity index (χ3v) is 4.12. The lowest BCUT2D eigenvalue weighted by Gasteiger charge is -2.28. The highest BCUT2D eigenvalue weighted by Crippen LogP contribution is 2.37. The van der Waals surface area contributed by atoms with Gasteiger partial charge in [-0.2, -0.15) is 0 Å². The summed E-state index contributed by atoms with van der Waals surface area (Å²) in [6, 6.07) is 0. The molecule has 2 nitrogen and oxygen atoms in total. The van der Waals surface area contributed by atoms with Gasteiger partial charge in [0.1, 0.15) is 4.99 Å². The number of nitrogens with zero attached hydrogens (tertiary/aromatic N) is 1. The molecule has 0 atom stereocenters. The maximum absolute atomic E-state index is 5.57. The molecule has 1 heterocycles. The molecule has 0 aromatic carbocycles. The van der Waals surface area contributed by atoms with E-state index in [1.54, 1.807) is 11.3 Å². The Morgan fingerprint density at radius 2 is 2.29 bits per heavy atom. The molecule has 0 bridgehead atoms. The summed E-state index contributed by atoms with van der Waals surface area (Å²) in [5.41, 5.74) is 7.20. The number of fused-ring (bicyclic) bond motifs is 1. The first-order chi connectivity index (χ1) is 6.48. The van der Waals surface area contributed by atoms with E-state index in [1.807, 2.05) is 0 Å². The van der Waals surface area contributed by atoms with E-state index in [9.17, 15) is 0 Å². The number of aromatic nitrogens is 1. The van der Waals surface area contributed by atoms with Crippen molar-refractivity contribution in [3.05, 3.63) is 15.6 Å². The van der Waals surface area contributed by atoms with Gasteiger partial charge < -0.3 is 5.73 Å². The van der Waals surface area contributed by atoms with Crippen LogP contribution in [0.3, 0.4) is 0 Å². The third-order valence-electron chi connectivity index (χ3n) is 2.67. The second-order valence-corrected chi connectivity index (χ2v) is 6.12. The van der Waals surface area contributed by atoms with Crippen LogP contribution in [0.25, 0.3) is 0 Å². The predicted octanol–water partition coefficient (Wildman–Crippen LogP) is 2.29. The molecule has 76 valence electrons. The van der Waals surface area contributed by atoms with Crippen LogP contribution in [-0.2, 0) is 12.8 Å². The maximum Gasteiger partial charge on any atom is 0.150 e. The molecule has 0 amide bonds. The Morgan fingerprint density at radius 1 is 1.57 bits per heavy atom. The number of hydrogen-bond donors (Lipinski definition) is 1. The number of thiazole rings is 1. The zero-order valence-electron chi connectivity index (χ0n) is 8.46. The summed E-state index contributed by atoms with van der Waals surface area (Å²) < 4.78 is 0. The Bertz CT molecular complexity index is 379. The summed E-state index contributed by atoms with van der Waals surface area (Å²) in [7, 11) is 0. The Balaban J connectivity index is 2.34. The molecule has 0 saturated carbocycles. The molecule has 2 N–H and O–H groups in total. The van der Waals surface area contributed by atoms with Crippen LogP contribution in [0.5, 0.6) is 0 Å². The minimum Gasteiger partial charge on any atom is -0.387 e. The SMILES string of the molecule is CC1(C)CCc2nc(C(N)=S)sc2C1. The molecule has 0 aliphatic heterocycles. The lowest BCUT2D eigenvalue weighted by Crippen LogP contribution is -2.20. The first kappa shape index (κ1) is 10.1. The molecule has 0 saturated heterocycles. The van der Waals surface area contributed by atoms with Crippen molar-refractivity contribution in [3.8, 4) is 0 Å². The van der Waals surface area contributed by atoms with Crippen LogP contribution in [0.4, 0.5) is 0 Å². The lowest BCUT2D eigenvalue weighted by atomic mass is 9.79. The van der Waals surface area contributed by atoms with Crippen molar-refractivity contribution in [2.24, 2.45) is 11.1 Å². The van der Waals surface area contributed by atoms with Gasteiger partial charge >= 0.3 is 0 Å². The van der Waals surface area contributed by atoms with E-state index >= 15 is 0 Å². The summed E-state index contributed by atoms with van der Waals surface area (Å²) in [6.45, 7) is 4.60. The largest absolute Gasteiger partial charge is 0.387 e. The number of nitrogens with two attached hydrogens (primary N) is 1. The van der Waals surface area contributed by atoms with Gasteiger partial charge in [0, 0.05) is 4.88 Å². The lowest BCUT2D eigenvalue weighted by molar-refractivity contribution is 0.316. The molecule has 1 aliphatic carbocycles. The fraction of sp³-hybridized carbons (Fsp3) is 0.600. The van der Waals surface area contributed by atoms with Crippen LogP contribution in [0.1, 0.15) is 35.8 Å². The average molecular weight is 226 g/mol. The second kappa shape index (κ2) is 3.28. The van der Waals surface area contributed by atoms with Gasteiger partial charge in [-0.25, -0.2) is 4.98 Å². The van der Waals surface area contributed by atoms with Crippen LogP contribution in [0, 0.1) is 5.41 Å². The van der Waals surface area contributed by atoms with Gasteiger partial charge in [-0.05, 0) is 24.7 Å². The molecule has 0 fully saturated rings. The highest BCUT2D eigenvalue weighted by molar-refractivity contribution is 7.81. The van der Waals surface area contributed by atoms with E-state index in [4.69, 9.17) is 18.0 Å². The molecule has 2 rings (SSSR count). The molecule has 14 heavy (non-hydrogen) atoms. The molecular formula is C10H14N2S2. The van der Waals surface area contributed by atoms with Crippen molar-refractivity contribution < 1.29 is 0 Å². The third kappa shape index (κ3) is 1.81. The molecule has 0 radical (unpaired) electrons. The molecule has 1 aromatic rings. The van der Waals surface area contributed by atoms with Crippen molar-refractivity contribution in [2.45, 2.75) is 33.1 Å². The Labute approximate surface area is 93.5 Å². The number of thiocarbonyl (C=S) groups is 1. The topological polar surface area (TPSA) is 38.9 Å². The van der Waals surface area contributed by atoms with Gasteiger partial charge in [0.2, 0.25) is 0 Å². The highest BCUT2D eigenvalue weighted by Gasteiger charge is 2.28. The first-order valence-corrected chi connectivity index (χ1v) is 5.99. The normalized spacial score (nSPS) is 19.0. The number of rotatable bonds is 1. The van der Waals surface area contributed by atoms with Crippen molar-refractivity contribution in [3.63, 3.8) is 0 Å². The molecule has 1 aromatic heterocycles. The molecule has 4 heteroatoms. The van der Waals surface area contributed by atoms with Crippen LogP contribution in [0.2, 0.25) is 0 Å². The quantitative estimate of drug-likeness (QED) is 0.747. The monoisotopic (exact) mass is 226 g/mol. The van der Waals surface area contributed by atoms with E-state index in [2.05, 4.69) is 18.8 Å². The van der Waals surface area contributed by atoms with Gasteiger partial charge in [0.15, 0.2) is 5.01 Å². The van der Waals surface area contributed by atoms with E-state index in [0.29, 0.717) is 10.4 Å². The average Bonchev–Trinajstić information content (AvgIpc) is 2.45. The zero-order chi connectivity index (χ0) is 10.3. The maximum atomic E-state index is 5.57. The van der Waals surface area contributed by atoms with Gasteiger partial charge in [-0.3, -0.25) is 0 Å². The number of hydrogen-bond acceptors (Lipinski definition) is 3. The van der Waals surface area contributed by atoms with Gasteiger partial charge in [0.25, 0.3) is 0 Å². The second-order valence-electron chi connectivity index (χ2n) is 4.59.